The molecule has 2 rings (SSSR count). The zero-order valence-electron chi connectivity index (χ0n) is 12.4. The summed E-state index contributed by atoms with van der Waals surface area (Å²) in [7, 11) is 0. The van der Waals surface area contributed by atoms with Gasteiger partial charge in [0.25, 0.3) is 0 Å². The molecule has 5 heteroatoms. The van der Waals surface area contributed by atoms with Gasteiger partial charge in [0.1, 0.15) is 5.75 Å². The van der Waals surface area contributed by atoms with E-state index in [9.17, 15) is 13.6 Å². The lowest BCUT2D eigenvalue weighted by Crippen LogP contribution is -2.33. The molecule has 120 valence electrons. The highest BCUT2D eigenvalue weighted by Gasteiger charge is 2.13. The summed E-state index contributed by atoms with van der Waals surface area (Å²) in [6.45, 7) is -2.83. The zero-order valence-corrected chi connectivity index (χ0v) is 12.4. The predicted octanol–water partition coefficient (Wildman–Crippen LogP) is 4.14. The number of amides is 1. The van der Waals surface area contributed by atoms with E-state index >= 15 is 0 Å². The number of ether oxygens (including phenoxy) is 1. The molecule has 1 amide bonds. The van der Waals surface area contributed by atoms with E-state index in [-0.39, 0.29) is 17.7 Å². The third kappa shape index (κ3) is 5.84. The summed E-state index contributed by atoms with van der Waals surface area (Å²) in [6.07, 6.45) is 10.1. The van der Waals surface area contributed by atoms with Crippen LogP contribution in [-0.4, -0.2) is 18.6 Å². The molecule has 0 atom stereocenters. The lowest BCUT2D eigenvalue weighted by molar-refractivity contribution is -0.117. The van der Waals surface area contributed by atoms with Crippen molar-refractivity contribution in [3.63, 3.8) is 0 Å². The summed E-state index contributed by atoms with van der Waals surface area (Å²) in [5.74, 6) is -0.00476. The van der Waals surface area contributed by atoms with Crippen molar-refractivity contribution in [3.05, 3.63) is 35.9 Å². The molecule has 1 aliphatic rings. The average Bonchev–Trinajstić information content (AvgIpc) is 2.74. The van der Waals surface area contributed by atoms with Crippen LogP contribution in [0.2, 0.25) is 0 Å². The molecule has 1 aliphatic carbocycles. The second kappa shape index (κ2) is 8.51. The normalized spacial score (nSPS) is 16.7. The first-order chi connectivity index (χ1) is 10.6. The number of hydrogen-bond acceptors (Lipinski definition) is 2. The van der Waals surface area contributed by atoms with Crippen LogP contribution >= 0.6 is 0 Å². The second-order valence-electron chi connectivity index (χ2n) is 5.48. The van der Waals surface area contributed by atoms with Crippen molar-refractivity contribution >= 4 is 12.0 Å². The van der Waals surface area contributed by atoms with Crippen LogP contribution in [0.25, 0.3) is 6.08 Å². The summed E-state index contributed by atoms with van der Waals surface area (Å²) in [6, 6.07) is 6.44. The minimum atomic E-state index is -2.83. The van der Waals surface area contributed by atoms with Gasteiger partial charge in [-0.05, 0) is 36.6 Å². The zero-order chi connectivity index (χ0) is 15.8. The average molecular weight is 309 g/mol. The van der Waals surface area contributed by atoms with Crippen LogP contribution in [0.3, 0.4) is 0 Å². The third-order valence-corrected chi connectivity index (χ3v) is 3.73. The van der Waals surface area contributed by atoms with Gasteiger partial charge in [0.05, 0.1) is 0 Å². The highest BCUT2D eigenvalue weighted by Crippen LogP contribution is 2.18. The molecule has 1 saturated carbocycles. The number of hydrogen-bond donors (Lipinski definition) is 1. The summed E-state index contributed by atoms with van der Waals surface area (Å²) in [4.78, 5) is 11.9. The van der Waals surface area contributed by atoms with Gasteiger partial charge in [0.15, 0.2) is 0 Å². The van der Waals surface area contributed by atoms with Crippen LogP contribution in [0.15, 0.2) is 30.3 Å². The van der Waals surface area contributed by atoms with Crippen molar-refractivity contribution in [3.8, 4) is 5.75 Å². The lowest BCUT2D eigenvalue weighted by Gasteiger charge is -2.14. The van der Waals surface area contributed by atoms with E-state index in [0.717, 1.165) is 18.4 Å². The Morgan fingerprint density at radius 3 is 2.36 bits per heavy atom. The smallest absolute Gasteiger partial charge is 0.387 e. The van der Waals surface area contributed by atoms with Crippen molar-refractivity contribution in [1.29, 1.82) is 0 Å². The lowest BCUT2D eigenvalue weighted by atomic mass is 10.1. The number of alkyl halides is 2. The Balaban J connectivity index is 1.83. The van der Waals surface area contributed by atoms with Gasteiger partial charge in [-0.25, -0.2) is 0 Å². The fraction of sp³-hybridized carbons (Fsp3) is 0.471. The topological polar surface area (TPSA) is 38.3 Å². The van der Waals surface area contributed by atoms with Gasteiger partial charge in [0, 0.05) is 12.1 Å². The fourth-order valence-electron chi connectivity index (χ4n) is 2.61. The number of carbonyl (C=O) groups is 1. The monoisotopic (exact) mass is 309 g/mol. The molecule has 22 heavy (non-hydrogen) atoms. The highest BCUT2D eigenvalue weighted by molar-refractivity contribution is 5.91. The second-order valence-corrected chi connectivity index (χ2v) is 5.48. The van der Waals surface area contributed by atoms with Crippen LogP contribution in [0.4, 0.5) is 8.78 Å². The number of benzene rings is 1. The van der Waals surface area contributed by atoms with Crippen molar-refractivity contribution in [1.82, 2.24) is 5.32 Å². The molecule has 1 N–H and O–H groups in total. The maximum atomic E-state index is 12.0. The Morgan fingerprint density at radius 1 is 1.14 bits per heavy atom. The molecule has 0 spiro atoms. The predicted molar refractivity (Wildman–Crippen MR) is 81.7 cm³/mol. The summed E-state index contributed by atoms with van der Waals surface area (Å²) < 4.78 is 28.3. The minimum absolute atomic E-state index is 0.107. The number of rotatable bonds is 5. The van der Waals surface area contributed by atoms with Crippen molar-refractivity contribution in [2.45, 2.75) is 51.2 Å². The molecule has 0 unspecified atom stereocenters. The van der Waals surface area contributed by atoms with E-state index < -0.39 is 6.61 Å². The maximum absolute atomic E-state index is 12.0. The molecule has 1 aromatic carbocycles. The van der Waals surface area contributed by atoms with Crippen molar-refractivity contribution in [2.24, 2.45) is 0 Å². The Morgan fingerprint density at radius 2 is 1.77 bits per heavy atom. The van der Waals surface area contributed by atoms with Gasteiger partial charge < -0.3 is 10.1 Å². The van der Waals surface area contributed by atoms with Gasteiger partial charge in [-0.1, -0.05) is 37.8 Å². The molecule has 0 radical (unpaired) electrons. The van der Waals surface area contributed by atoms with Crippen LogP contribution < -0.4 is 10.1 Å². The first-order valence-corrected chi connectivity index (χ1v) is 7.67. The molecule has 0 bridgehead atoms. The molecule has 1 fully saturated rings. The summed E-state index contributed by atoms with van der Waals surface area (Å²) in [5.41, 5.74) is 0.762. The molecule has 0 aliphatic heterocycles. The molecule has 0 heterocycles. The third-order valence-electron chi connectivity index (χ3n) is 3.73. The Kier molecular flexibility index (Phi) is 6.37. The SMILES string of the molecule is O=C(/C=C/c1ccc(OC(F)F)cc1)NC1CCCCCC1. The van der Waals surface area contributed by atoms with E-state index in [4.69, 9.17) is 0 Å². The molecule has 0 saturated heterocycles. The first-order valence-electron chi connectivity index (χ1n) is 7.67. The quantitative estimate of drug-likeness (QED) is 0.656. The van der Waals surface area contributed by atoms with Crippen LogP contribution in [-0.2, 0) is 4.79 Å². The van der Waals surface area contributed by atoms with E-state index in [2.05, 4.69) is 10.1 Å². The van der Waals surface area contributed by atoms with E-state index in [1.54, 1.807) is 18.2 Å². The number of halogens is 2. The van der Waals surface area contributed by atoms with Crippen molar-refractivity contribution in [2.75, 3.05) is 0 Å². The van der Waals surface area contributed by atoms with E-state index in [0.29, 0.717) is 0 Å². The standard InChI is InChI=1S/C17H21F2NO2/c18-17(19)22-15-10-7-13(8-11-15)9-12-16(21)20-14-5-3-1-2-4-6-14/h7-12,14,17H,1-6H2,(H,20,21)/b12-9+. The minimum Gasteiger partial charge on any atom is -0.435 e. The fourth-order valence-corrected chi connectivity index (χ4v) is 2.61. The first kappa shape index (κ1) is 16.5. The van der Waals surface area contributed by atoms with Crippen LogP contribution in [0.5, 0.6) is 5.75 Å². The van der Waals surface area contributed by atoms with Gasteiger partial charge in [-0.15, -0.1) is 0 Å². The molecule has 0 aromatic heterocycles. The van der Waals surface area contributed by atoms with Gasteiger partial charge in [0.2, 0.25) is 5.91 Å². The van der Waals surface area contributed by atoms with Gasteiger partial charge >= 0.3 is 6.61 Å². The Labute approximate surface area is 129 Å². The number of nitrogens with one attached hydrogen (secondary N) is 1. The largest absolute Gasteiger partial charge is 0.435 e. The summed E-state index contributed by atoms with van der Waals surface area (Å²) in [5, 5.41) is 3.02. The maximum Gasteiger partial charge on any atom is 0.387 e. The highest BCUT2D eigenvalue weighted by atomic mass is 19.3. The van der Waals surface area contributed by atoms with Gasteiger partial charge in [-0.3, -0.25) is 4.79 Å². The van der Waals surface area contributed by atoms with Crippen molar-refractivity contribution < 1.29 is 18.3 Å². The van der Waals surface area contributed by atoms with E-state index in [1.807, 2.05) is 0 Å². The number of carbonyl (C=O) groups excluding carboxylic acids is 1. The molecule has 3 nitrogen and oxygen atoms in total. The van der Waals surface area contributed by atoms with Gasteiger partial charge in [-0.2, -0.15) is 8.78 Å². The molecule has 1 aromatic rings. The Bertz CT molecular complexity index is 492. The summed E-state index contributed by atoms with van der Waals surface area (Å²) >= 11 is 0. The molecular weight excluding hydrogens is 288 g/mol. The Hall–Kier alpha value is -1.91. The van der Waals surface area contributed by atoms with Crippen LogP contribution in [0, 0.1) is 0 Å². The molecular formula is C17H21F2NO2. The van der Waals surface area contributed by atoms with E-state index in [1.165, 1.54) is 43.9 Å². The van der Waals surface area contributed by atoms with Crippen LogP contribution in [0.1, 0.15) is 44.1 Å².